The molecule has 1 aromatic heterocycles. The summed E-state index contributed by atoms with van der Waals surface area (Å²) >= 11 is 0. The number of fused-ring (bicyclic) bond motifs is 1. The van der Waals surface area contributed by atoms with Crippen molar-refractivity contribution < 1.29 is 9.53 Å². The number of aromatic nitrogens is 2. The molecule has 0 spiro atoms. The molecule has 0 unspecified atom stereocenters. The third-order valence-corrected chi connectivity index (χ3v) is 4.35. The standard InChI is InChI=1S/C15H21N3O3/c1-18-14(19)8-11-7-10(4-5-13(11)17-18)15(20)16-9-12-3-2-6-21-12/h8,10,12H,2-7,9H2,1H3,(H,16,20)/t10-,12-/m1/s1. The Morgan fingerprint density at radius 1 is 1.52 bits per heavy atom. The Hall–Kier alpha value is -1.69. The van der Waals surface area contributed by atoms with Crippen LogP contribution in [0.25, 0.3) is 0 Å². The van der Waals surface area contributed by atoms with Crippen molar-refractivity contribution in [3.05, 3.63) is 27.7 Å². The fraction of sp³-hybridized carbons (Fsp3) is 0.667. The zero-order chi connectivity index (χ0) is 14.8. The quantitative estimate of drug-likeness (QED) is 0.862. The lowest BCUT2D eigenvalue weighted by atomic mass is 9.86. The molecule has 21 heavy (non-hydrogen) atoms. The number of nitrogens with one attached hydrogen (secondary N) is 1. The third kappa shape index (κ3) is 3.15. The topological polar surface area (TPSA) is 73.2 Å². The molecule has 114 valence electrons. The molecule has 1 amide bonds. The Bertz CT molecular complexity index is 590. The van der Waals surface area contributed by atoms with Crippen molar-refractivity contribution >= 4 is 5.91 Å². The second-order valence-electron chi connectivity index (χ2n) is 5.90. The van der Waals surface area contributed by atoms with E-state index in [1.807, 2.05) is 0 Å². The molecule has 1 N–H and O–H groups in total. The average molecular weight is 291 g/mol. The Morgan fingerprint density at radius 2 is 2.38 bits per heavy atom. The van der Waals surface area contributed by atoms with Crippen LogP contribution in [0, 0.1) is 5.92 Å². The monoisotopic (exact) mass is 291 g/mol. The van der Waals surface area contributed by atoms with Crippen LogP contribution in [0.4, 0.5) is 0 Å². The summed E-state index contributed by atoms with van der Waals surface area (Å²) in [6.07, 6.45) is 4.41. The largest absolute Gasteiger partial charge is 0.376 e. The van der Waals surface area contributed by atoms with Crippen LogP contribution in [0.1, 0.15) is 30.5 Å². The molecule has 6 heteroatoms. The van der Waals surface area contributed by atoms with Gasteiger partial charge in [-0.3, -0.25) is 9.59 Å². The number of hydrogen-bond acceptors (Lipinski definition) is 4. The molecule has 0 aromatic carbocycles. The van der Waals surface area contributed by atoms with E-state index in [2.05, 4.69) is 10.4 Å². The molecule has 2 heterocycles. The molecule has 3 rings (SSSR count). The minimum Gasteiger partial charge on any atom is -0.376 e. The summed E-state index contributed by atoms with van der Waals surface area (Å²) in [7, 11) is 1.66. The van der Waals surface area contributed by atoms with Gasteiger partial charge in [-0.05, 0) is 37.7 Å². The van der Waals surface area contributed by atoms with E-state index in [9.17, 15) is 9.59 Å². The van der Waals surface area contributed by atoms with Gasteiger partial charge in [0.25, 0.3) is 5.56 Å². The number of carbonyl (C=O) groups is 1. The van der Waals surface area contributed by atoms with Crippen LogP contribution in [-0.2, 0) is 29.4 Å². The van der Waals surface area contributed by atoms with E-state index in [0.717, 1.165) is 43.5 Å². The summed E-state index contributed by atoms with van der Waals surface area (Å²) in [5.74, 6) is 0.00429. The van der Waals surface area contributed by atoms with Gasteiger partial charge in [0.05, 0.1) is 11.8 Å². The van der Waals surface area contributed by atoms with Gasteiger partial charge in [-0.2, -0.15) is 5.10 Å². The van der Waals surface area contributed by atoms with Crippen molar-refractivity contribution in [2.45, 2.75) is 38.2 Å². The molecule has 0 bridgehead atoms. The second kappa shape index (κ2) is 5.97. The minimum absolute atomic E-state index is 0.0622. The summed E-state index contributed by atoms with van der Waals surface area (Å²) < 4.78 is 6.86. The van der Waals surface area contributed by atoms with E-state index in [4.69, 9.17) is 4.74 Å². The average Bonchev–Trinajstić information content (AvgIpc) is 2.99. The van der Waals surface area contributed by atoms with E-state index in [1.165, 1.54) is 4.68 Å². The number of ether oxygens (including phenoxy) is 1. The highest BCUT2D eigenvalue weighted by atomic mass is 16.5. The Labute approximate surface area is 123 Å². The lowest BCUT2D eigenvalue weighted by Gasteiger charge is -2.23. The lowest BCUT2D eigenvalue weighted by Crippen LogP contribution is -2.39. The molecule has 0 radical (unpaired) electrons. The zero-order valence-electron chi connectivity index (χ0n) is 12.3. The zero-order valence-corrected chi connectivity index (χ0v) is 12.3. The van der Waals surface area contributed by atoms with Gasteiger partial charge in [0.2, 0.25) is 5.91 Å². The molecule has 1 aromatic rings. The molecule has 1 aliphatic carbocycles. The molecule has 0 saturated carbocycles. The van der Waals surface area contributed by atoms with Crippen LogP contribution in [0.3, 0.4) is 0 Å². The Balaban J connectivity index is 1.61. The van der Waals surface area contributed by atoms with Crippen LogP contribution >= 0.6 is 0 Å². The van der Waals surface area contributed by atoms with Crippen molar-refractivity contribution in [3.63, 3.8) is 0 Å². The summed E-state index contributed by atoms with van der Waals surface area (Å²) in [5.41, 5.74) is 1.75. The van der Waals surface area contributed by atoms with E-state index in [0.29, 0.717) is 13.0 Å². The third-order valence-electron chi connectivity index (χ3n) is 4.35. The molecule has 6 nitrogen and oxygen atoms in total. The van der Waals surface area contributed by atoms with Gasteiger partial charge in [-0.25, -0.2) is 4.68 Å². The molecule has 1 aliphatic heterocycles. The van der Waals surface area contributed by atoms with Crippen molar-refractivity contribution in [3.8, 4) is 0 Å². The number of hydrogen-bond donors (Lipinski definition) is 1. The number of carbonyl (C=O) groups excluding carboxylic acids is 1. The van der Waals surface area contributed by atoms with Crippen LogP contribution in [0.2, 0.25) is 0 Å². The van der Waals surface area contributed by atoms with E-state index in [-0.39, 0.29) is 23.5 Å². The molecule has 1 saturated heterocycles. The fourth-order valence-electron chi connectivity index (χ4n) is 3.07. The first-order valence-corrected chi connectivity index (χ1v) is 7.59. The normalized spacial score (nSPS) is 24.6. The number of nitrogens with zero attached hydrogens (tertiary/aromatic N) is 2. The second-order valence-corrected chi connectivity index (χ2v) is 5.90. The number of aryl methyl sites for hydroxylation is 2. The van der Waals surface area contributed by atoms with Crippen molar-refractivity contribution in [1.82, 2.24) is 15.1 Å². The van der Waals surface area contributed by atoms with Gasteiger partial charge < -0.3 is 10.1 Å². The van der Waals surface area contributed by atoms with E-state index < -0.39 is 0 Å². The van der Waals surface area contributed by atoms with Gasteiger partial charge in [0.15, 0.2) is 0 Å². The first kappa shape index (κ1) is 14.3. The predicted molar refractivity (Wildman–Crippen MR) is 77.0 cm³/mol. The highest BCUT2D eigenvalue weighted by Gasteiger charge is 2.27. The summed E-state index contributed by atoms with van der Waals surface area (Å²) in [5, 5.41) is 7.25. The first-order valence-electron chi connectivity index (χ1n) is 7.59. The van der Waals surface area contributed by atoms with Crippen molar-refractivity contribution in [2.75, 3.05) is 13.2 Å². The Morgan fingerprint density at radius 3 is 3.14 bits per heavy atom. The molecular weight excluding hydrogens is 270 g/mol. The van der Waals surface area contributed by atoms with Gasteiger partial charge in [-0.15, -0.1) is 0 Å². The van der Waals surface area contributed by atoms with Gasteiger partial charge in [-0.1, -0.05) is 0 Å². The summed E-state index contributed by atoms with van der Waals surface area (Å²) in [6, 6.07) is 1.61. The van der Waals surface area contributed by atoms with Crippen LogP contribution in [-0.4, -0.2) is 34.9 Å². The van der Waals surface area contributed by atoms with E-state index >= 15 is 0 Å². The van der Waals surface area contributed by atoms with Crippen molar-refractivity contribution in [2.24, 2.45) is 13.0 Å². The SMILES string of the molecule is Cn1nc2c(cc1=O)C[C@H](C(=O)NC[C@H]1CCCO1)CC2. The maximum Gasteiger partial charge on any atom is 0.266 e. The highest BCUT2D eigenvalue weighted by Crippen LogP contribution is 2.23. The maximum atomic E-state index is 12.2. The van der Waals surface area contributed by atoms with E-state index in [1.54, 1.807) is 13.1 Å². The van der Waals surface area contributed by atoms with Gasteiger partial charge >= 0.3 is 0 Å². The minimum atomic E-state index is -0.117. The van der Waals surface area contributed by atoms with Crippen LogP contribution < -0.4 is 10.9 Å². The molecule has 2 aliphatic rings. The highest BCUT2D eigenvalue weighted by molar-refractivity contribution is 5.79. The Kier molecular flexibility index (Phi) is 4.05. The summed E-state index contributed by atoms with van der Waals surface area (Å²) in [6.45, 7) is 1.39. The maximum absolute atomic E-state index is 12.2. The molecule has 2 atom stereocenters. The first-order chi connectivity index (χ1) is 10.1. The van der Waals surface area contributed by atoms with Crippen LogP contribution in [0.15, 0.2) is 10.9 Å². The molecular formula is C15H21N3O3. The smallest absolute Gasteiger partial charge is 0.266 e. The molecule has 1 fully saturated rings. The van der Waals surface area contributed by atoms with Gasteiger partial charge in [0.1, 0.15) is 0 Å². The van der Waals surface area contributed by atoms with Crippen LogP contribution in [0.5, 0.6) is 0 Å². The number of rotatable bonds is 3. The number of amides is 1. The van der Waals surface area contributed by atoms with Gasteiger partial charge in [0, 0.05) is 32.2 Å². The fourth-order valence-corrected chi connectivity index (χ4v) is 3.07. The predicted octanol–water partition coefficient (Wildman–Crippen LogP) is 0.180. The lowest BCUT2D eigenvalue weighted by molar-refractivity contribution is -0.125. The summed E-state index contributed by atoms with van der Waals surface area (Å²) in [4.78, 5) is 23.9. The van der Waals surface area contributed by atoms with Crippen molar-refractivity contribution in [1.29, 1.82) is 0 Å².